The van der Waals surface area contributed by atoms with Crippen molar-refractivity contribution >= 4 is 30.2 Å². The molecular weight excluding hydrogens is 556 g/mol. The minimum Gasteiger partial charge on any atom is -0.458 e. The van der Waals surface area contributed by atoms with Gasteiger partial charge in [0.25, 0.3) is 0 Å². The first-order valence-electron chi connectivity index (χ1n) is 14.6. The smallest absolute Gasteiger partial charge is 0.414 e. The number of hydrogen-bond donors (Lipinski definition) is 2. The Kier molecular flexibility index (Phi) is 10.0. The van der Waals surface area contributed by atoms with Gasteiger partial charge in [0.2, 0.25) is 5.96 Å². The van der Waals surface area contributed by atoms with Gasteiger partial charge in [-0.15, -0.1) is 0 Å². The minimum atomic E-state index is -1.22. The summed E-state index contributed by atoms with van der Waals surface area (Å²) < 4.78 is 22.1. The van der Waals surface area contributed by atoms with E-state index >= 15 is 0 Å². The third kappa shape index (κ3) is 9.59. The van der Waals surface area contributed by atoms with E-state index in [9.17, 15) is 19.2 Å². The molecule has 0 aromatic heterocycles. The normalized spacial score (nSPS) is 21.5. The van der Waals surface area contributed by atoms with Gasteiger partial charge in [-0.2, -0.15) is 0 Å². The van der Waals surface area contributed by atoms with Crippen LogP contribution in [0.2, 0.25) is 0 Å². The van der Waals surface area contributed by atoms with E-state index in [1.165, 1.54) is 4.90 Å². The van der Waals surface area contributed by atoms with Crippen LogP contribution in [0.5, 0.6) is 0 Å². The Hall–Kier alpha value is -3.83. The minimum absolute atomic E-state index is 0.0554. The quantitative estimate of drug-likeness (QED) is 0.200. The lowest BCUT2D eigenvalue weighted by molar-refractivity contribution is -0.166. The summed E-state index contributed by atoms with van der Waals surface area (Å²) in [5.74, 6) is -0.957. The summed E-state index contributed by atoms with van der Waals surface area (Å²) in [6.45, 7) is 15.7. The van der Waals surface area contributed by atoms with Gasteiger partial charge in [0.1, 0.15) is 28.9 Å². The number of rotatable bonds is 5. The van der Waals surface area contributed by atoms with Crippen molar-refractivity contribution in [1.82, 2.24) is 15.5 Å². The number of hydrogen-bond acceptors (Lipinski definition) is 9. The topological polar surface area (TPSA) is 145 Å². The van der Waals surface area contributed by atoms with Crippen LogP contribution in [-0.2, 0) is 30.3 Å². The average Bonchev–Trinajstić information content (AvgIpc) is 3.38. The molecule has 12 nitrogen and oxygen atoms in total. The number of nitrogens with one attached hydrogen (secondary N) is 2. The Morgan fingerprint density at radius 3 is 1.91 bits per heavy atom. The predicted octanol–water partition coefficient (Wildman–Crippen LogP) is 5.29. The lowest BCUT2D eigenvalue weighted by atomic mass is 9.81. The SMILES string of the molecule is CC(C)(C)OC(=O)NC(=NC[C@@H]1C[C@]2(C(=O)OC(C)(C)C)CC[C@H]1N2C(=O)OCc1ccccc1)NC(=O)OC(C)(C)C. The van der Waals surface area contributed by atoms with Crippen LogP contribution >= 0.6 is 0 Å². The van der Waals surface area contributed by atoms with Gasteiger partial charge >= 0.3 is 24.2 Å². The molecule has 0 aliphatic carbocycles. The lowest BCUT2D eigenvalue weighted by Gasteiger charge is -2.34. The Balaban J connectivity index is 1.85. The van der Waals surface area contributed by atoms with E-state index in [-0.39, 0.29) is 37.5 Å². The van der Waals surface area contributed by atoms with E-state index in [0.717, 1.165) is 5.56 Å². The van der Waals surface area contributed by atoms with Gasteiger partial charge in [-0.25, -0.2) is 19.2 Å². The number of amides is 3. The second-order valence-electron chi connectivity index (χ2n) is 14.0. The van der Waals surface area contributed by atoms with Gasteiger partial charge in [0, 0.05) is 18.5 Å². The molecule has 0 unspecified atom stereocenters. The third-order valence-corrected chi connectivity index (χ3v) is 6.69. The van der Waals surface area contributed by atoms with Gasteiger partial charge in [-0.05, 0) is 87.1 Å². The molecule has 2 saturated heterocycles. The van der Waals surface area contributed by atoms with Crippen molar-refractivity contribution in [2.45, 2.75) is 117 Å². The molecule has 0 radical (unpaired) electrons. The highest BCUT2D eigenvalue weighted by atomic mass is 16.6. The molecule has 1 aromatic rings. The number of guanidine groups is 1. The highest BCUT2D eigenvalue weighted by molar-refractivity contribution is 6.01. The fourth-order valence-corrected chi connectivity index (χ4v) is 5.23. The van der Waals surface area contributed by atoms with Crippen molar-refractivity contribution < 1.29 is 38.1 Å². The molecular formula is C31H46N4O8. The molecule has 3 rings (SSSR count). The van der Waals surface area contributed by atoms with E-state index in [0.29, 0.717) is 12.8 Å². The van der Waals surface area contributed by atoms with Crippen molar-refractivity contribution in [3.8, 4) is 0 Å². The van der Waals surface area contributed by atoms with Crippen molar-refractivity contribution in [3.63, 3.8) is 0 Å². The molecule has 1 aromatic carbocycles. The van der Waals surface area contributed by atoms with Crippen molar-refractivity contribution in [3.05, 3.63) is 35.9 Å². The summed E-state index contributed by atoms with van der Waals surface area (Å²) in [4.78, 5) is 58.2. The maximum atomic E-state index is 13.6. The molecule has 3 amide bonds. The van der Waals surface area contributed by atoms with E-state index in [1.807, 2.05) is 30.3 Å². The van der Waals surface area contributed by atoms with Crippen LogP contribution < -0.4 is 10.6 Å². The molecule has 238 valence electrons. The van der Waals surface area contributed by atoms with Gasteiger partial charge in [-0.3, -0.25) is 20.5 Å². The van der Waals surface area contributed by atoms with Crippen LogP contribution in [0.1, 0.15) is 87.1 Å². The number of ether oxygens (including phenoxy) is 4. The first-order valence-corrected chi connectivity index (χ1v) is 14.6. The number of fused-ring (bicyclic) bond motifs is 2. The Labute approximate surface area is 253 Å². The van der Waals surface area contributed by atoms with E-state index in [4.69, 9.17) is 18.9 Å². The van der Waals surface area contributed by atoms with Crippen molar-refractivity contribution in [1.29, 1.82) is 0 Å². The maximum absolute atomic E-state index is 13.6. The summed E-state index contributed by atoms with van der Waals surface area (Å²) in [6, 6.07) is 8.91. The molecule has 12 heteroatoms. The summed E-state index contributed by atoms with van der Waals surface area (Å²) in [7, 11) is 0. The third-order valence-electron chi connectivity index (χ3n) is 6.69. The van der Waals surface area contributed by atoms with Gasteiger partial charge in [-0.1, -0.05) is 30.3 Å². The van der Waals surface area contributed by atoms with Crippen LogP contribution in [0, 0.1) is 5.92 Å². The molecule has 2 aliphatic heterocycles. The number of esters is 1. The van der Waals surface area contributed by atoms with Crippen LogP contribution in [0.25, 0.3) is 0 Å². The van der Waals surface area contributed by atoms with E-state index in [1.54, 1.807) is 62.3 Å². The summed E-state index contributed by atoms with van der Waals surface area (Å²) in [5.41, 5.74) is -2.73. The zero-order chi connectivity index (χ0) is 32.2. The average molecular weight is 603 g/mol. The molecule has 2 fully saturated rings. The maximum Gasteiger partial charge on any atom is 0.414 e. The second-order valence-corrected chi connectivity index (χ2v) is 14.0. The zero-order valence-corrected chi connectivity index (χ0v) is 26.7. The molecule has 2 N–H and O–H groups in total. The van der Waals surface area contributed by atoms with Gasteiger partial charge in [0.15, 0.2) is 0 Å². The Morgan fingerprint density at radius 1 is 0.860 bits per heavy atom. The van der Waals surface area contributed by atoms with E-state index in [2.05, 4.69) is 15.6 Å². The van der Waals surface area contributed by atoms with Crippen LogP contribution in [-0.4, -0.2) is 70.0 Å². The molecule has 2 bridgehead atoms. The molecule has 0 spiro atoms. The number of carbonyl (C=O) groups is 4. The van der Waals surface area contributed by atoms with Crippen molar-refractivity contribution in [2.75, 3.05) is 6.54 Å². The first kappa shape index (κ1) is 33.7. The van der Waals surface area contributed by atoms with Gasteiger partial charge < -0.3 is 18.9 Å². The number of alkyl carbamates (subject to hydrolysis) is 2. The molecule has 2 heterocycles. The Bertz CT molecular complexity index is 1180. The van der Waals surface area contributed by atoms with Crippen LogP contribution in [0.3, 0.4) is 0 Å². The molecule has 43 heavy (non-hydrogen) atoms. The van der Waals surface area contributed by atoms with Crippen LogP contribution in [0.4, 0.5) is 14.4 Å². The van der Waals surface area contributed by atoms with Gasteiger partial charge in [0.05, 0.1) is 0 Å². The van der Waals surface area contributed by atoms with E-state index < -0.39 is 46.6 Å². The Morgan fingerprint density at radius 2 is 1.40 bits per heavy atom. The highest BCUT2D eigenvalue weighted by Crippen LogP contribution is 2.51. The van der Waals surface area contributed by atoms with Crippen LogP contribution in [0.15, 0.2) is 35.3 Å². The first-order chi connectivity index (χ1) is 19.8. The number of nitrogens with zero attached hydrogens (tertiary/aromatic N) is 2. The number of aliphatic imine (C=N–C) groups is 1. The standard InChI is InChI=1S/C31H46N4O8/c1-28(2,3)41-23(36)31-16-15-22(35(31)27(39)40-19-20-13-11-10-12-14-20)21(17-31)18-32-24(33-25(37)42-29(4,5)6)34-26(38)43-30(7,8)9/h10-14,21-22H,15-19H2,1-9H3,(H2,32,33,34,37,38)/t21-,22+,31-/m0/s1. The molecule has 3 atom stereocenters. The van der Waals surface area contributed by atoms with Crippen molar-refractivity contribution in [2.24, 2.45) is 10.9 Å². The summed E-state index contributed by atoms with van der Waals surface area (Å²) >= 11 is 0. The fraction of sp³-hybridized carbons (Fsp3) is 0.645. The summed E-state index contributed by atoms with van der Waals surface area (Å²) in [6.07, 6.45) is -0.996. The lowest BCUT2D eigenvalue weighted by Crippen LogP contribution is -2.53. The highest BCUT2D eigenvalue weighted by Gasteiger charge is 2.64. The number of carbonyl (C=O) groups excluding carboxylic acids is 4. The largest absolute Gasteiger partial charge is 0.458 e. The number of benzene rings is 1. The molecule has 2 aliphatic rings. The predicted molar refractivity (Wildman–Crippen MR) is 159 cm³/mol. The fourth-order valence-electron chi connectivity index (χ4n) is 5.23. The monoisotopic (exact) mass is 602 g/mol. The molecule has 0 saturated carbocycles. The summed E-state index contributed by atoms with van der Waals surface area (Å²) in [5, 5.41) is 4.95. The zero-order valence-electron chi connectivity index (χ0n) is 26.7. The second kappa shape index (κ2) is 12.8.